The van der Waals surface area contributed by atoms with Crippen molar-refractivity contribution in [3.05, 3.63) is 29.3 Å². The molecular weight excluding hydrogens is 332 g/mol. The first kappa shape index (κ1) is 22.2. The summed E-state index contributed by atoms with van der Waals surface area (Å²) in [4.78, 5) is 0.0922. The van der Waals surface area contributed by atoms with Crippen molar-refractivity contribution in [3.63, 3.8) is 0 Å². The average Bonchev–Trinajstić information content (AvgIpc) is 2.55. The summed E-state index contributed by atoms with van der Waals surface area (Å²) in [6.07, 6.45) is 13.3. The summed E-state index contributed by atoms with van der Waals surface area (Å²) in [7, 11) is -4.15. The Morgan fingerprint density at radius 2 is 1.40 bits per heavy atom. The highest BCUT2D eigenvalue weighted by Gasteiger charge is 2.19. The SMILES string of the molecule is CCCCCCCCCCCCc1c(C(C)C)cccc1S(=O)(=O)O. The number of rotatable bonds is 13. The Bertz CT molecular complexity index is 591. The molecule has 0 aliphatic carbocycles. The first-order chi connectivity index (χ1) is 11.9. The van der Waals surface area contributed by atoms with Crippen LogP contribution in [0.4, 0.5) is 0 Å². The highest BCUT2D eigenvalue weighted by atomic mass is 32.2. The van der Waals surface area contributed by atoms with E-state index in [0.717, 1.165) is 30.4 Å². The maximum Gasteiger partial charge on any atom is 0.294 e. The van der Waals surface area contributed by atoms with Crippen LogP contribution in [0.1, 0.15) is 102 Å². The molecule has 144 valence electrons. The Balaban J connectivity index is 2.44. The van der Waals surface area contributed by atoms with Gasteiger partial charge in [0.1, 0.15) is 0 Å². The third-order valence-electron chi connectivity index (χ3n) is 4.85. The molecule has 0 aliphatic heterocycles. The van der Waals surface area contributed by atoms with E-state index in [2.05, 4.69) is 20.8 Å². The van der Waals surface area contributed by atoms with E-state index in [1.54, 1.807) is 6.07 Å². The summed E-state index contributed by atoms with van der Waals surface area (Å²) in [5.41, 5.74) is 1.84. The molecule has 0 saturated heterocycles. The lowest BCUT2D eigenvalue weighted by Gasteiger charge is -2.16. The van der Waals surface area contributed by atoms with Crippen LogP contribution in [0.25, 0.3) is 0 Å². The van der Waals surface area contributed by atoms with Crippen molar-refractivity contribution in [3.8, 4) is 0 Å². The molecule has 1 aromatic rings. The first-order valence-corrected chi connectivity index (χ1v) is 11.4. The fourth-order valence-electron chi connectivity index (χ4n) is 3.42. The topological polar surface area (TPSA) is 54.4 Å². The molecule has 0 atom stereocenters. The summed E-state index contributed by atoms with van der Waals surface area (Å²) in [5, 5.41) is 0. The fourth-order valence-corrected chi connectivity index (χ4v) is 4.20. The van der Waals surface area contributed by atoms with Crippen molar-refractivity contribution in [1.82, 2.24) is 0 Å². The maximum absolute atomic E-state index is 11.7. The van der Waals surface area contributed by atoms with Crippen molar-refractivity contribution in [2.24, 2.45) is 0 Å². The van der Waals surface area contributed by atoms with E-state index in [0.29, 0.717) is 0 Å². The number of unbranched alkanes of at least 4 members (excludes halogenated alkanes) is 9. The molecule has 0 heterocycles. The predicted molar refractivity (Wildman–Crippen MR) is 106 cm³/mol. The van der Waals surface area contributed by atoms with Gasteiger partial charge in [-0.15, -0.1) is 0 Å². The van der Waals surface area contributed by atoms with Gasteiger partial charge in [0.15, 0.2) is 0 Å². The second kappa shape index (κ2) is 11.7. The molecule has 3 nitrogen and oxygen atoms in total. The zero-order chi connectivity index (χ0) is 18.7. The first-order valence-electron chi connectivity index (χ1n) is 9.97. The summed E-state index contributed by atoms with van der Waals surface area (Å²) in [6.45, 7) is 6.36. The van der Waals surface area contributed by atoms with E-state index in [-0.39, 0.29) is 10.8 Å². The minimum atomic E-state index is -4.15. The normalized spacial score (nSPS) is 12.0. The Morgan fingerprint density at radius 1 is 0.880 bits per heavy atom. The summed E-state index contributed by atoms with van der Waals surface area (Å²) in [6, 6.07) is 5.22. The molecule has 0 aromatic heterocycles. The largest absolute Gasteiger partial charge is 0.294 e. The standard InChI is InChI=1S/C21H36O3S/c1-4-5-6-7-8-9-10-11-12-13-15-20-19(18(2)3)16-14-17-21(20)25(22,23)24/h14,16-18H,4-13,15H2,1-3H3,(H,22,23,24). The van der Waals surface area contributed by atoms with Crippen molar-refractivity contribution < 1.29 is 13.0 Å². The molecule has 1 rings (SSSR count). The number of hydrogen-bond acceptors (Lipinski definition) is 2. The molecule has 4 heteroatoms. The van der Waals surface area contributed by atoms with Gasteiger partial charge in [0.2, 0.25) is 0 Å². The zero-order valence-electron chi connectivity index (χ0n) is 16.3. The Morgan fingerprint density at radius 3 is 1.88 bits per heavy atom. The molecule has 1 aromatic carbocycles. The molecule has 1 N–H and O–H groups in total. The average molecular weight is 369 g/mol. The van der Waals surface area contributed by atoms with E-state index < -0.39 is 10.1 Å². The summed E-state index contributed by atoms with van der Waals surface area (Å²) >= 11 is 0. The van der Waals surface area contributed by atoms with Crippen LogP contribution in [0.15, 0.2) is 23.1 Å². The van der Waals surface area contributed by atoms with Crippen LogP contribution in [0.3, 0.4) is 0 Å². The van der Waals surface area contributed by atoms with Crippen LogP contribution in [0.5, 0.6) is 0 Å². The lowest BCUT2D eigenvalue weighted by Crippen LogP contribution is -2.07. The minimum Gasteiger partial charge on any atom is -0.282 e. The highest BCUT2D eigenvalue weighted by Crippen LogP contribution is 2.27. The molecule has 0 amide bonds. The van der Waals surface area contributed by atoms with E-state index in [1.807, 2.05) is 6.07 Å². The van der Waals surface area contributed by atoms with Crippen LogP contribution < -0.4 is 0 Å². The molecule has 25 heavy (non-hydrogen) atoms. The van der Waals surface area contributed by atoms with Gasteiger partial charge in [-0.2, -0.15) is 8.42 Å². The van der Waals surface area contributed by atoms with Crippen LogP contribution >= 0.6 is 0 Å². The van der Waals surface area contributed by atoms with Crippen molar-refractivity contribution in [1.29, 1.82) is 0 Å². The van der Waals surface area contributed by atoms with Gasteiger partial charge in [0.05, 0.1) is 4.90 Å². The molecule has 0 bridgehead atoms. The van der Waals surface area contributed by atoms with Crippen LogP contribution in [0, 0.1) is 0 Å². The Labute approximate surface area is 155 Å². The molecule has 0 fully saturated rings. The molecule has 0 spiro atoms. The predicted octanol–water partition coefficient (Wildman–Crippen LogP) is 6.52. The van der Waals surface area contributed by atoms with E-state index in [4.69, 9.17) is 0 Å². The fraction of sp³-hybridized carbons (Fsp3) is 0.714. The molecular formula is C21H36O3S. The lowest BCUT2D eigenvalue weighted by molar-refractivity contribution is 0.481. The molecule has 0 saturated carbocycles. The second-order valence-corrected chi connectivity index (χ2v) is 8.78. The van der Waals surface area contributed by atoms with Crippen molar-refractivity contribution in [2.45, 2.75) is 102 Å². The highest BCUT2D eigenvalue weighted by molar-refractivity contribution is 7.85. The quantitative estimate of drug-likeness (QED) is 0.318. The van der Waals surface area contributed by atoms with Crippen LogP contribution in [0.2, 0.25) is 0 Å². The Hall–Kier alpha value is -0.870. The van der Waals surface area contributed by atoms with Gasteiger partial charge in [-0.25, -0.2) is 0 Å². The van der Waals surface area contributed by atoms with Gasteiger partial charge in [-0.05, 0) is 36.0 Å². The van der Waals surface area contributed by atoms with Gasteiger partial charge in [-0.3, -0.25) is 4.55 Å². The molecule has 0 radical (unpaired) electrons. The van der Waals surface area contributed by atoms with Gasteiger partial charge in [-0.1, -0.05) is 90.7 Å². The third-order valence-corrected chi connectivity index (χ3v) is 5.79. The Kier molecular flexibility index (Phi) is 10.4. The van der Waals surface area contributed by atoms with Gasteiger partial charge in [0, 0.05) is 0 Å². The van der Waals surface area contributed by atoms with Crippen molar-refractivity contribution in [2.75, 3.05) is 0 Å². The van der Waals surface area contributed by atoms with Crippen molar-refractivity contribution >= 4 is 10.1 Å². The van der Waals surface area contributed by atoms with Gasteiger partial charge < -0.3 is 0 Å². The van der Waals surface area contributed by atoms with E-state index in [9.17, 15) is 13.0 Å². The summed E-state index contributed by atoms with van der Waals surface area (Å²) in [5.74, 6) is 0.250. The third kappa shape index (κ3) is 8.37. The number of hydrogen-bond donors (Lipinski definition) is 1. The van der Waals surface area contributed by atoms with Crippen LogP contribution in [-0.2, 0) is 16.5 Å². The smallest absolute Gasteiger partial charge is 0.282 e. The van der Waals surface area contributed by atoms with Gasteiger partial charge >= 0.3 is 0 Å². The maximum atomic E-state index is 11.7. The molecule has 0 aliphatic rings. The van der Waals surface area contributed by atoms with Gasteiger partial charge in [0.25, 0.3) is 10.1 Å². The monoisotopic (exact) mass is 368 g/mol. The lowest BCUT2D eigenvalue weighted by atomic mass is 9.93. The number of benzene rings is 1. The molecule has 0 unspecified atom stereocenters. The van der Waals surface area contributed by atoms with E-state index in [1.165, 1.54) is 57.4 Å². The summed E-state index contributed by atoms with van der Waals surface area (Å²) < 4.78 is 32.8. The second-order valence-electron chi connectivity index (χ2n) is 7.39. The minimum absolute atomic E-state index is 0.0922. The van der Waals surface area contributed by atoms with Crippen LogP contribution in [-0.4, -0.2) is 13.0 Å². The zero-order valence-corrected chi connectivity index (χ0v) is 17.1. The van der Waals surface area contributed by atoms with E-state index >= 15 is 0 Å².